The Bertz CT molecular complexity index is 360. The Morgan fingerprint density at radius 1 is 1.28 bits per heavy atom. The lowest BCUT2D eigenvalue weighted by Crippen LogP contribution is -2.34. The third-order valence-electron chi connectivity index (χ3n) is 3.28. The molecule has 1 unspecified atom stereocenters. The van der Waals surface area contributed by atoms with Crippen LogP contribution in [0.3, 0.4) is 0 Å². The zero-order valence-corrected chi connectivity index (χ0v) is 12.9. The molecular weight excluding hydrogens is 222 g/mol. The van der Waals surface area contributed by atoms with E-state index in [1.54, 1.807) is 0 Å². The van der Waals surface area contributed by atoms with E-state index in [1.807, 2.05) is 0 Å². The molecule has 1 atom stereocenters. The van der Waals surface area contributed by atoms with E-state index in [2.05, 4.69) is 62.7 Å². The highest BCUT2D eigenvalue weighted by Crippen LogP contribution is 2.33. The van der Waals surface area contributed by atoms with Gasteiger partial charge in [-0.3, -0.25) is 4.68 Å². The summed E-state index contributed by atoms with van der Waals surface area (Å²) >= 11 is 0. The number of hydrogen-bond donors (Lipinski definition) is 1. The third-order valence-corrected chi connectivity index (χ3v) is 3.28. The van der Waals surface area contributed by atoms with Crippen molar-refractivity contribution < 1.29 is 0 Å². The Labute approximate surface area is 112 Å². The van der Waals surface area contributed by atoms with Crippen LogP contribution < -0.4 is 5.32 Å². The summed E-state index contributed by atoms with van der Waals surface area (Å²) in [4.78, 5) is 0. The molecule has 0 bridgehead atoms. The van der Waals surface area contributed by atoms with Crippen LogP contribution in [0, 0.1) is 5.41 Å². The minimum Gasteiger partial charge on any atom is -0.308 e. The summed E-state index contributed by atoms with van der Waals surface area (Å²) < 4.78 is 2.15. The van der Waals surface area contributed by atoms with Crippen LogP contribution in [-0.2, 0) is 13.0 Å². The maximum atomic E-state index is 4.67. The normalized spacial score (nSPS) is 13.9. The zero-order valence-electron chi connectivity index (χ0n) is 12.9. The molecule has 1 aromatic heterocycles. The van der Waals surface area contributed by atoms with E-state index < -0.39 is 0 Å². The number of aryl methyl sites for hydroxylation is 2. The highest BCUT2D eigenvalue weighted by Gasteiger charge is 2.28. The van der Waals surface area contributed by atoms with Gasteiger partial charge in [-0.2, -0.15) is 5.10 Å². The van der Waals surface area contributed by atoms with Crippen molar-refractivity contribution in [3.8, 4) is 0 Å². The summed E-state index contributed by atoms with van der Waals surface area (Å²) in [5.74, 6) is 0. The predicted octanol–water partition coefficient (Wildman–Crippen LogP) is 3.55. The highest BCUT2D eigenvalue weighted by atomic mass is 15.3. The van der Waals surface area contributed by atoms with Crippen LogP contribution in [-0.4, -0.2) is 16.3 Å². The van der Waals surface area contributed by atoms with Crippen molar-refractivity contribution in [2.75, 3.05) is 6.54 Å². The van der Waals surface area contributed by atoms with Gasteiger partial charge in [0.25, 0.3) is 0 Å². The number of nitrogens with one attached hydrogen (secondary N) is 1. The third kappa shape index (κ3) is 3.58. The topological polar surface area (TPSA) is 29.9 Å². The van der Waals surface area contributed by atoms with E-state index in [0.717, 1.165) is 25.9 Å². The molecule has 0 aliphatic heterocycles. The summed E-state index contributed by atoms with van der Waals surface area (Å²) in [6.45, 7) is 15.4. The Kier molecular flexibility index (Phi) is 5.39. The van der Waals surface area contributed by atoms with Crippen molar-refractivity contribution in [2.45, 2.75) is 67.0 Å². The van der Waals surface area contributed by atoms with E-state index in [4.69, 9.17) is 0 Å². The van der Waals surface area contributed by atoms with Gasteiger partial charge in [0.05, 0.1) is 17.4 Å². The van der Waals surface area contributed by atoms with E-state index >= 15 is 0 Å². The molecule has 1 aromatic rings. The molecule has 0 fully saturated rings. The number of aromatic nitrogens is 2. The lowest BCUT2D eigenvalue weighted by Gasteiger charge is -2.32. The Hall–Kier alpha value is -0.830. The molecule has 0 saturated heterocycles. The molecule has 3 heteroatoms. The van der Waals surface area contributed by atoms with Crippen LogP contribution in [0.15, 0.2) is 6.07 Å². The molecule has 3 nitrogen and oxygen atoms in total. The van der Waals surface area contributed by atoms with Crippen molar-refractivity contribution >= 4 is 0 Å². The van der Waals surface area contributed by atoms with Gasteiger partial charge in [0.2, 0.25) is 0 Å². The quantitative estimate of drug-likeness (QED) is 0.838. The van der Waals surface area contributed by atoms with Gasteiger partial charge in [0, 0.05) is 6.54 Å². The molecule has 104 valence electrons. The summed E-state index contributed by atoms with van der Waals surface area (Å²) in [6, 6.07) is 2.63. The first-order valence-corrected chi connectivity index (χ1v) is 7.24. The predicted molar refractivity (Wildman–Crippen MR) is 77.8 cm³/mol. The lowest BCUT2D eigenvalue weighted by molar-refractivity contribution is 0.259. The van der Waals surface area contributed by atoms with Crippen LogP contribution in [0.1, 0.15) is 65.4 Å². The zero-order chi connectivity index (χ0) is 13.8. The molecular formula is C15H29N3. The van der Waals surface area contributed by atoms with Crippen molar-refractivity contribution in [1.82, 2.24) is 15.1 Å². The first-order valence-electron chi connectivity index (χ1n) is 7.24. The van der Waals surface area contributed by atoms with Crippen LogP contribution in [0.5, 0.6) is 0 Å². The number of nitrogens with zero attached hydrogens (tertiary/aromatic N) is 2. The van der Waals surface area contributed by atoms with Crippen LogP contribution in [0.2, 0.25) is 0 Å². The van der Waals surface area contributed by atoms with Crippen molar-refractivity contribution in [1.29, 1.82) is 0 Å². The number of hydrogen-bond acceptors (Lipinski definition) is 2. The monoisotopic (exact) mass is 251 g/mol. The average molecular weight is 251 g/mol. The molecule has 0 amide bonds. The molecule has 1 N–H and O–H groups in total. The minimum absolute atomic E-state index is 0.202. The van der Waals surface area contributed by atoms with E-state index in [-0.39, 0.29) is 5.41 Å². The fourth-order valence-electron chi connectivity index (χ4n) is 2.29. The van der Waals surface area contributed by atoms with Gasteiger partial charge in [-0.05, 0) is 37.8 Å². The second kappa shape index (κ2) is 6.37. The molecule has 1 heterocycles. The Morgan fingerprint density at radius 2 is 1.94 bits per heavy atom. The fraction of sp³-hybridized carbons (Fsp3) is 0.800. The Balaban J connectivity index is 3.07. The van der Waals surface area contributed by atoms with Crippen molar-refractivity contribution in [3.63, 3.8) is 0 Å². The highest BCUT2D eigenvalue weighted by molar-refractivity contribution is 5.16. The number of rotatable bonds is 6. The molecule has 0 aliphatic rings. The molecule has 0 spiro atoms. The van der Waals surface area contributed by atoms with Gasteiger partial charge in [-0.25, -0.2) is 0 Å². The fourth-order valence-corrected chi connectivity index (χ4v) is 2.29. The molecule has 0 saturated carbocycles. The maximum Gasteiger partial charge on any atom is 0.0625 e. The molecule has 0 aliphatic carbocycles. The SMILES string of the molecule is CCCNC(c1cc(CC)nn1CC)C(C)(C)C. The second-order valence-corrected chi connectivity index (χ2v) is 5.98. The van der Waals surface area contributed by atoms with Crippen molar-refractivity contribution in [2.24, 2.45) is 5.41 Å². The largest absolute Gasteiger partial charge is 0.308 e. The minimum atomic E-state index is 0.202. The van der Waals surface area contributed by atoms with E-state index in [1.165, 1.54) is 11.4 Å². The van der Waals surface area contributed by atoms with Crippen molar-refractivity contribution in [3.05, 3.63) is 17.5 Å². The second-order valence-electron chi connectivity index (χ2n) is 5.98. The van der Waals surface area contributed by atoms with Gasteiger partial charge >= 0.3 is 0 Å². The van der Waals surface area contributed by atoms with Crippen LogP contribution >= 0.6 is 0 Å². The van der Waals surface area contributed by atoms with E-state index in [9.17, 15) is 0 Å². The lowest BCUT2D eigenvalue weighted by atomic mass is 9.84. The summed E-state index contributed by atoms with van der Waals surface area (Å²) in [6.07, 6.45) is 2.16. The van der Waals surface area contributed by atoms with Gasteiger partial charge in [-0.1, -0.05) is 34.6 Å². The van der Waals surface area contributed by atoms with Gasteiger partial charge < -0.3 is 5.32 Å². The first-order chi connectivity index (χ1) is 8.43. The smallest absolute Gasteiger partial charge is 0.0625 e. The van der Waals surface area contributed by atoms with Gasteiger partial charge in [0.15, 0.2) is 0 Å². The summed E-state index contributed by atoms with van der Waals surface area (Å²) in [5, 5.41) is 8.34. The first kappa shape index (κ1) is 15.2. The summed E-state index contributed by atoms with van der Waals surface area (Å²) in [5.41, 5.74) is 2.72. The summed E-state index contributed by atoms with van der Waals surface area (Å²) in [7, 11) is 0. The Morgan fingerprint density at radius 3 is 2.39 bits per heavy atom. The molecule has 0 radical (unpaired) electrons. The van der Waals surface area contributed by atoms with Crippen LogP contribution in [0.25, 0.3) is 0 Å². The molecule has 18 heavy (non-hydrogen) atoms. The van der Waals surface area contributed by atoms with Gasteiger partial charge in [-0.15, -0.1) is 0 Å². The molecule has 0 aromatic carbocycles. The average Bonchev–Trinajstić information content (AvgIpc) is 2.71. The van der Waals surface area contributed by atoms with E-state index in [0.29, 0.717) is 6.04 Å². The molecule has 1 rings (SSSR count). The van der Waals surface area contributed by atoms with Gasteiger partial charge in [0.1, 0.15) is 0 Å². The standard InChI is InChI=1S/C15H29N3/c1-7-10-16-14(15(4,5)6)13-11-12(8-2)17-18(13)9-3/h11,14,16H,7-10H2,1-6H3. The van der Waals surface area contributed by atoms with Crippen LogP contribution in [0.4, 0.5) is 0 Å². The maximum absolute atomic E-state index is 4.67.